The number of hydrogen-bond donors (Lipinski definition) is 1. The molecule has 1 saturated carbocycles. The molecule has 5 aromatic rings. The van der Waals surface area contributed by atoms with Gasteiger partial charge in [-0.05, 0) is 84.5 Å². The molecule has 47 heavy (non-hydrogen) atoms. The van der Waals surface area contributed by atoms with Crippen LogP contribution in [0.4, 0.5) is 17.6 Å². The molecule has 0 atom stereocenters. The number of fused-ring (bicyclic) bond motifs is 1. The van der Waals surface area contributed by atoms with Crippen LogP contribution in [0.25, 0.3) is 33.4 Å². The lowest BCUT2D eigenvalue weighted by molar-refractivity contribution is -0.355. The molecule has 0 spiro atoms. The Morgan fingerprint density at radius 2 is 1.72 bits per heavy atom. The highest BCUT2D eigenvalue weighted by Gasteiger charge is 2.52. The summed E-state index contributed by atoms with van der Waals surface area (Å²) < 4.78 is 62.9. The third-order valence-electron chi connectivity index (χ3n) is 8.57. The third-order valence-corrected chi connectivity index (χ3v) is 8.57. The van der Waals surface area contributed by atoms with Crippen molar-refractivity contribution >= 4 is 22.7 Å². The number of furan rings is 1. The van der Waals surface area contributed by atoms with Crippen molar-refractivity contribution < 1.29 is 36.3 Å². The lowest BCUT2D eigenvalue weighted by Gasteiger charge is -2.45. The number of carbonyl (C=O) groups is 2. The van der Waals surface area contributed by atoms with Crippen LogP contribution in [0.15, 0.2) is 83.5 Å². The Morgan fingerprint density at radius 3 is 2.38 bits per heavy atom. The fourth-order valence-electron chi connectivity index (χ4n) is 6.42. The van der Waals surface area contributed by atoms with Gasteiger partial charge in [0.2, 0.25) is 0 Å². The van der Waals surface area contributed by atoms with Gasteiger partial charge in [-0.2, -0.15) is 0 Å². The number of carbonyl (C=O) groups excluding carboxylic acids is 2. The van der Waals surface area contributed by atoms with E-state index in [1.54, 1.807) is 36.4 Å². The number of benzene rings is 3. The number of Topliss-reactive ketones (excluding diaryl/α,β-unsaturated/α-hetero) is 1. The highest BCUT2D eigenvalue weighted by atomic mass is 19.4. The van der Waals surface area contributed by atoms with E-state index in [1.807, 2.05) is 25.1 Å². The number of alkyl halides is 3. The van der Waals surface area contributed by atoms with Crippen molar-refractivity contribution in [2.75, 3.05) is 7.05 Å². The summed E-state index contributed by atoms with van der Waals surface area (Å²) in [5.74, 6) is -0.438. The maximum atomic E-state index is 13.8. The first kappa shape index (κ1) is 32.1. The van der Waals surface area contributed by atoms with Crippen LogP contribution in [0.3, 0.4) is 0 Å². The zero-order valence-corrected chi connectivity index (χ0v) is 25.7. The summed E-state index contributed by atoms with van der Waals surface area (Å²) in [5.41, 5.74) is 3.19. The van der Waals surface area contributed by atoms with Gasteiger partial charge in [0, 0.05) is 47.8 Å². The Bertz CT molecular complexity index is 1930. The molecule has 3 aromatic carbocycles. The van der Waals surface area contributed by atoms with Gasteiger partial charge in [0.25, 0.3) is 5.91 Å². The lowest BCUT2D eigenvalue weighted by atomic mass is 9.63. The minimum absolute atomic E-state index is 0.0432. The second-order valence-corrected chi connectivity index (χ2v) is 11.8. The van der Waals surface area contributed by atoms with Crippen LogP contribution in [0.5, 0.6) is 0 Å². The molecule has 0 bridgehead atoms. The van der Waals surface area contributed by atoms with Gasteiger partial charge in [0.05, 0.1) is 11.7 Å². The van der Waals surface area contributed by atoms with Crippen molar-refractivity contribution in [3.05, 3.63) is 107 Å². The standard InChI is InChI=1S/C36H31F4N3O4/c1-3-6-22-16-30-28(31(33(45)41-2)32(46-30)21-9-11-25(37)12-10-21)17-27(22)23-7-4-8-24(15-23)29(44)20-35(34-42-13-5-14-43-34)18-26(19-35)47-36(38,39)40/h4-5,7-17,26H,3,6,18-20H2,1-2H3,(H,41,45). The molecular weight excluding hydrogens is 614 g/mol. The molecule has 1 fully saturated rings. The predicted octanol–water partition coefficient (Wildman–Crippen LogP) is 8.22. The molecule has 1 amide bonds. The number of ether oxygens (including phenoxy) is 1. The Balaban J connectivity index is 1.38. The van der Waals surface area contributed by atoms with Crippen LogP contribution in [-0.4, -0.2) is 41.2 Å². The molecule has 2 aromatic heterocycles. The number of ketones is 1. The fraction of sp³-hybridized carbons (Fsp3) is 0.278. The van der Waals surface area contributed by atoms with E-state index in [9.17, 15) is 27.2 Å². The first-order valence-electron chi connectivity index (χ1n) is 15.2. The molecule has 0 aliphatic heterocycles. The molecular formula is C36H31F4N3O4. The van der Waals surface area contributed by atoms with Crippen molar-refractivity contribution in [3.8, 4) is 22.5 Å². The summed E-state index contributed by atoms with van der Waals surface area (Å²) in [6.07, 6.45) is -1.56. The maximum absolute atomic E-state index is 13.8. The lowest BCUT2D eigenvalue weighted by Crippen LogP contribution is -2.50. The first-order valence-corrected chi connectivity index (χ1v) is 15.2. The van der Waals surface area contributed by atoms with Crippen molar-refractivity contribution in [3.63, 3.8) is 0 Å². The van der Waals surface area contributed by atoms with Gasteiger partial charge in [-0.15, -0.1) is 13.2 Å². The highest BCUT2D eigenvalue weighted by Crippen LogP contribution is 2.49. The van der Waals surface area contributed by atoms with Gasteiger partial charge in [0.15, 0.2) is 5.78 Å². The zero-order chi connectivity index (χ0) is 33.3. The molecule has 242 valence electrons. The van der Waals surface area contributed by atoms with Gasteiger partial charge >= 0.3 is 6.36 Å². The monoisotopic (exact) mass is 645 g/mol. The second kappa shape index (κ2) is 12.7. The van der Waals surface area contributed by atoms with Crippen LogP contribution in [-0.2, 0) is 16.6 Å². The summed E-state index contributed by atoms with van der Waals surface area (Å²) in [5, 5.41) is 3.22. The SMILES string of the molecule is CCCc1cc2oc(-c3ccc(F)cc3)c(C(=O)NC)c2cc1-c1cccc(C(=O)CC2(c3ncccn3)CC(OC(F)(F)F)C2)c1. The number of nitrogens with zero attached hydrogens (tertiary/aromatic N) is 2. The van der Waals surface area contributed by atoms with Crippen LogP contribution in [0, 0.1) is 5.82 Å². The topological polar surface area (TPSA) is 94.3 Å². The number of nitrogens with one attached hydrogen (secondary N) is 1. The van der Waals surface area contributed by atoms with Gasteiger partial charge in [-0.1, -0.05) is 31.5 Å². The Morgan fingerprint density at radius 1 is 1.00 bits per heavy atom. The number of aryl methyl sites for hydroxylation is 1. The molecule has 7 nitrogen and oxygen atoms in total. The quantitative estimate of drug-likeness (QED) is 0.122. The Kier molecular flexibility index (Phi) is 8.67. The van der Waals surface area contributed by atoms with E-state index in [1.165, 1.54) is 31.6 Å². The van der Waals surface area contributed by atoms with Crippen LogP contribution in [0.1, 0.15) is 64.7 Å². The van der Waals surface area contributed by atoms with Gasteiger partial charge in [-0.25, -0.2) is 14.4 Å². The van der Waals surface area contributed by atoms with E-state index in [2.05, 4.69) is 20.0 Å². The normalized spacial score (nSPS) is 17.8. The molecule has 1 aliphatic rings. The average Bonchev–Trinajstić information content (AvgIpc) is 3.41. The maximum Gasteiger partial charge on any atom is 0.522 e. The second-order valence-electron chi connectivity index (χ2n) is 11.8. The molecule has 11 heteroatoms. The van der Waals surface area contributed by atoms with E-state index >= 15 is 0 Å². The van der Waals surface area contributed by atoms with E-state index < -0.39 is 23.7 Å². The molecule has 0 radical (unpaired) electrons. The number of aromatic nitrogens is 2. The van der Waals surface area contributed by atoms with Gasteiger partial charge in [-0.3, -0.25) is 14.3 Å². The molecule has 1 aliphatic carbocycles. The number of halogens is 4. The van der Waals surface area contributed by atoms with Crippen molar-refractivity contribution in [1.82, 2.24) is 15.3 Å². The summed E-state index contributed by atoms with van der Waals surface area (Å²) in [4.78, 5) is 35.5. The predicted molar refractivity (Wildman–Crippen MR) is 167 cm³/mol. The summed E-state index contributed by atoms with van der Waals surface area (Å²) in [7, 11) is 1.52. The molecule has 1 N–H and O–H groups in total. The van der Waals surface area contributed by atoms with E-state index in [0.29, 0.717) is 45.7 Å². The van der Waals surface area contributed by atoms with Crippen LogP contribution >= 0.6 is 0 Å². The minimum Gasteiger partial charge on any atom is -0.455 e. The summed E-state index contributed by atoms with van der Waals surface area (Å²) >= 11 is 0. The Labute approximate surface area is 268 Å². The number of amides is 1. The zero-order valence-electron chi connectivity index (χ0n) is 25.7. The minimum atomic E-state index is -4.78. The number of hydrogen-bond acceptors (Lipinski definition) is 6. The highest BCUT2D eigenvalue weighted by molar-refractivity contribution is 6.12. The van der Waals surface area contributed by atoms with Gasteiger partial charge in [0.1, 0.15) is 23.0 Å². The largest absolute Gasteiger partial charge is 0.522 e. The van der Waals surface area contributed by atoms with E-state index in [-0.39, 0.29) is 31.0 Å². The van der Waals surface area contributed by atoms with Gasteiger partial charge < -0.3 is 9.73 Å². The third kappa shape index (κ3) is 6.53. The average molecular weight is 646 g/mol. The fourth-order valence-corrected chi connectivity index (χ4v) is 6.42. The van der Waals surface area contributed by atoms with Crippen LogP contribution < -0.4 is 5.32 Å². The van der Waals surface area contributed by atoms with Crippen molar-refractivity contribution in [2.24, 2.45) is 0 Å². The van der Waals surface area contributed by atoms with Crippen molar-refractivity contribution in [2.45, 2.75) is 56.9 Å². The van der Waals surface area contributed by atoms with Crippen LogP contribution in [0.2, 0.25) is 0 Å². The molecule has 2 heterocycles. The number of rotatable bonds is 10. The molecule has 6 rings (SSSR count). The van der Waals surface area contributed by atoms with Crippen molar-refractivity contribution in [1.29, 1.82) is 0 Å². The summed E-state index contributed by atoms with van der Waals surface area (Å²) in [6, 6.07) is 18.1. The first-order chi connectivity index (χ1) is 22.5. The van der Waals surface area contributed by atoms with E-state index in [4.69, 9.17) is 4.42 Å². The molecule has 0 saturated heterocycles. The smallest absolute Gasteiger partial charge is 0.455 e. The Hall–Kier alpha value is -4.90. The summed E-state index contributed by atoms with van der Waals surface area (Å²) in [6.45, 7) is 2.04. The van der Waals surface area contributed by atoms with E-state index in [0.717, 1.165) is 23.1 Å². The molecule has 0 unspecified atom stereocenters.